The van der Waals surface area contributed by atoms with E-state index in [1.807, 2.05) is 13.8 Å². The van der Waals surface area contributed by atoms with Crippen molar-refractivity contribution in [2.24, 2.45) is 0 Å². The van der Waals surface area contributed by atoms with Crippen LogP contribution < -0.4 is 5.32 Å². The summed E-state index contributed by atoms with van der Waals surface area (Å²) in [6, 6.07) is 1.60. The molecule has 6 nitrogen and oxygen atoms in total. The summed E-state index contributed by atoms with van der Waals surface area (Å²) in [5, 5.41) is 19.8. The minimum Gasteiger partial charge on any atom is -0.478 e. The first-order valence-electron chi connectivity index (χ1n) is 5.93. The van der Waals surface area contributed by atoms with E-state index in [-0.39, 0.29) is 17.2 Å². The van der Waals surface area contributed by atoms with Crippen LogP contribution in [0.5, 0.6) is 0 Å². The minimum atomic E-state index is -1.00. The summed E-state index contributed by atoms with van der Waals surface area (Å²) in [7, 11) is 0. The summed E-state index contributed by atoms with van der Waals surface area (Å²) in [4.78, 5) is 11.1. The molecule has 0 saturated carbocycles. The first-order valence-corrected chi connectivity index (χ1v) is 5.93. The molecule has 1 fully saturated rings. The van der Waals surface area contributed by atoms with Crippen LogP contribution in [-0.4, -0.2) is 39.5 Å². The number of aromatic carboxylic acids is 1. The van der Waals surface area contributed by atoms with Crippen LogP contribution in [0.15, 0.2) is 12.3 Å². The number of carbonyl (C=O) groups is 1. The van der Waals surface area contributed by atoms with E-state index in [4.69, 9.17) is 9.84 Å². The molecular weight excluding hydrogens is 234 g/mol. The fraction of sp³-hybridized carbons (Fsp3) is 0.583. The fourth-order valence-corrected chi connectivity index (χ4v) is 2.16. The standard InChI is InChI=1S/C12H17N3O3/c1-12(2)7-8(4-6-18-12)14-10-9(11(16)17)3-5-13-15-10/h3,5,8H,4,6-7H2,1-2H3,(H,14,15)(H,16,17). The highest BCUT2D eigenvalue weighted by Crippen LogP contribution is 2.26. The van der Waals surface area contributed by atoms with Crippen molar-refractivity contribution >= 4 is 11.8 Å². The lowest BCUT2D eigenvalue weighted by Gasteiger charge is -2.36. The molecule has 1 aromatic rings. The van der Waals surface area contributed by atoms with Gasteiger partial charge in [0.1, 0.15) is 5.56 Å². The molecule has 1 atom stereocenters. The molecule has 0 spiro atoms. The van der Waals surface area contributed by atoms with Gasteiger partial charge in [-0.2, -0.15) is 5.10 Å². The van der Waals surface area contributed by atoms with Crippen molar-refractivity contribution in [3.63, 3.8) is 0 Å². The summed E-state index contributed by atoms with van der Waals surface area (Å²) < 4.78 is 5.62. The van der Waals surface area contributed by atoms with Crippen molar-refractivity contribution in [1.29, 1.82) is 0 Å². The highest BCUT2D eigenvalue weighted by atomic mass is 16.5. The Kier molecular flexibility index (Phi) is 3.47. The molecule has 0 aromatic carbocycles. The molecule has 0 amide bonds. The predicted molar refractivity (Wildman–Crippen MR) is 65.7 cm³/mol. The van der Waals surface area contributed by atoms with Gasteiger partial charge < -0.3 is 15.2 Å². The molecule has 18 heavy (non-hydrogen) atoms. The third-order valence-electron chi connectivity index (χ3n) is 2.99. The quantitative estimate of drug-likeness (QED) is 0.847. The summed E-state index contributed by atoms with van der Waals surface area (Å²) >= 11 is 0. The molecule has 1 aliphatic heterocycles. The Bertz CT molecular complexity index is 448. The lowest BCUT2D eigenvalue weighted by atomic mass is 9.94. The van der Waals surface area contributed by atoms with Crippen molar-refractivity contribution in [3.05, 3.63) is 17.8 Å². The molecule has 1 unspecified atom stereocenters. The van der Waals surface area contributed by atoms with Crippen molar-refractivity contribution in [2.45, 2.75) is 38.3 Å². The van der Waals surface area contributed by atoms with Gasteiger partial charge in [-0.1, -0.05) is 0 Å². The lowest BCUT2D eigenvalue weighted by molar-refractivity contribution is -0.0553. The highest BCUT2D eigenvalue weighted by molar-refractivity contribution is 5.92. The van der Waals surface area contributed by atoms with Gasteiger partial charge in [-0.25, -0.2) is 4.79 Å². The number of ether oxygens (including phenoxy) is 1. The van der Waals surface area contributed by atoms with E-state index >= 15 is 0 Å². The maximum atomic E-state index is 11.1. The summed E-state index contributed by atoms with van der Waals surface area (Å²) in [6.07, 6.45) is 3.02. The highest BCUT2D eigenvalue weighted by Gasteiger charge is 2.29. The van der Waals surface area contributed by atoms with Gasteiger partial charge in [-0.15, -0.1) is 5.10 Å². The zero-order valence-corrected chi connectivity index (χ0v) is 10.5. The molecule has 2 N–H and O–H groups in total. The molecule has 2 rings (SSSR count). The molecule has 1 saturated heterocycles. The summed E-state index contributed by atoms with van der Waals surface area (Å²) in [5.41, 5.74) is -0.0454. The fourth-order valence-electron chi connectivity index (χ4n) is 2.16. The van der Waals surface area contributed by atoms with Crippen LogP contribution in [0.3, 0.4) is 0 Å². The normalized spacial score (nSPS) is 22.4. The van der Waals surface area contributed by atoms with Gasteiger partial charge in [-0.05, 0) is 32.8 Å². The van der Waals surface area contributed by atoms with Crippen molar-refractivity contribution in [2.75, 3.05) is 11.9 Å². The van der Waals surface area contributed by atoms with Crippen LogP contribution in [0.2, 0.25) is 0 Å². The Labute approximate surface area is 105 Å². The number of carboxylic acids is 1. The van der Waals surface area contributed by atoms with E-state index in [2.05, 4.69) is 15.5 Å². The van der Waals surface area contributed by atoms with Crippen LogP contribution in [0.4, 0.5) is 5.82 Å². The topological polar surface area (TPSA) is 84.3 Å². The molecule has 0 aliphatic carbocycles. The van der Waals surface area contributed by atoms with E-state index in [1.165, 1.54) is 12.3 Å². The van der Waals surface area contributed by atoms with Crippen molar-refractivity contribution in [3.8, 4) is 0 Å². The van der Waals surface area contributed by atoms with Gasteiger partial charge in [-0.3, -0.25) is 0 Å². The van der Waals surface area contributed by atoms with Gasteiger partial charge in [0.05, 0.1) is 11.8 Å². The van der Waals surface area contributed by atoms with E-state index in [1.54, 1.807) is 0 Å². The lowest BCUT2D eigenvalue weighted by Crippen LogP contribution is -2.40. The minimum absolute atomic E-state index is 0.147. The molecule has 2 heterocycles. The summed E-state index contributed by atoms with van der Waals surface area (Å²) in [5.74, 6) is -0.675. The van der Waals surface area contributed by atoms with Crippen LogP contribution in [0.25, 0.3) is 0 Å². The SMILES string of the molecule is CC1(C)CC(Nc2nnccc2C(=O)O)CCO1. The van der Waals surface area contributed by atoms with Gasteiger partial charge >= 0.3 is 5.97 Å². The van der Waals surface area contributed by atoms with Crippen LogP contribution in [0.1, 0.15) is 37.0 Å². The molecule has 6 heteroatoms. The largest absolute Gasteiger partial charge is 0.478 e. The van der Waals surface area contributed by atoms with E-state index in [0.717, 1.165) is 12.8 Å². The number of hydrogen-bond acceptors (Lipinski definition) is 5. The second-order valence-corrected chi connectivity index (χ2v) is 5.04. The Morgan fingerprint density at radius 1 is 1.61 bits per heavy atom. The van der Waals surface area contributed by atoms with E-state index in [9.17, 15) is 4.79 Å². The third kappa shape index (κ3) is 2.95. The predicted octanol–water partition coefficient (Wildman–Crippen LogP) is 1.54. The zero-order chi connectivity index (χ0) is 13.2. The Balaban J connectivity index is 2.12. The first kappa shape index (κ1) is 12.8. The second-order valence-electron chi connectivity index (χ2n) is 5.04. The maximum Gasteiger partial charge on any atom is 0.339 e. The molecular formula is C12H17N3O3. The molecule has 0 radical (unpaired) electrons. The van der Waals surface area contributed by atoms with Crippen LogP contribution in [0, 0.1) is 0 Å². The average Bonchev–Trinajstić information content (AvgIpc) is 2.28. The molecule has 1 aromatic heterocycles. The first-order chi connectivity index (χ1) is 8.48. The Hall–Kier alpha value is -1.69. The van der Waals surface area contributed by atoms with E-state index in [0.29, 0.717) is 12.4 Å². The molecule has 0 bridgehead atoms. The Morgan fingerprint density at radius 3 is 3.06 bits per heavy atom. The Morgan fingerprint density at radius 2 is 2.39 bits per heavy atom. The maximum absolute atomic E-state index is 11.1. The monoisotopic (exact) mass is 251 g/mol. The van der Waals surface area contributed by atoms with Gasteiger partial charge in [0.15, 0.2) is 5.82 Å². The van der Waals surface area contributed by atoms with E-state index < -0.39 is 5.97 Å². The number of anilines is 1. The van der Waals surface area contributed by atoms with Gasteiger partial charge in [0, 0.05) is 12.6 Å². The third-order valence-corrected chi connectivity index (χ3v) is 2.99. The number of nitrogens with one attached hydrogen (secondary N) is 1. The number of rotatable bonds is 3. The molecule has 1 aliphatic rings. The zero-order valence-electron chi connectivity index (χ0n) is 10.5. The van der Waals surface area contributed by atoms with Crippen LogP contribution in [-0.2, 0) is 4.74 Å². The average molecular weight is 251 g/mol. The smallest absolute Gasteiger partial charge is 0.339 e. The van der Waals surface area contributed by atoms with Gasteiger partial charge in [0.2, 0.25) is 0 Å². The number of hydrogen-bond donors (Lipinski definition) is 2. The summed E-state index contributed by atoms with van der Waals surface area (Å²) in [6.45, 7) is 4.71. The van der Waals surface area contributed by atoms with Crippen molar-refractivity contribution in [1.82, 2.24) is 10.2 Å². The van der Waals surface area contributed by atoms with Crippen LogP contribution >= 0.6 is 0 Å². The molecule has 98 valence electrons. The second kappa shape index (κ2) is 4.89. The van der Waals surface area contributed by atoms with Crippen molar-refractivity contribution < 1.29 is 14.6 Å². The number of carboxylic acid groups (broad SMARTS) is 1. The number of nitrogens with zero attached hydrogens (tertiary/aromatic N) is 2. The number of aromatic nitrogens is 2. The van der Waals surface area contributed by atoms with Gasteiger partial charge in [0.25, 0.3) is 0 Å².